The Kier molecular flexibility index (Phi) is 4.83. The number of nitrogens with zero attached hydrogens (tertiary/aromatic N) is 2. The molecule has 2 rings (SSSR count). The molecule has 108 valence electrons. The molecule has 0 saturated carbocycles. The number of hydrogen-bond donors (Lipinski definition) is 2. The van der Waals surface area contributed by atoms with Gasteiger partial charge >= 0.3 is 0 Å². The second-order valence-corrected chi connectivity index (χ2v) is 5.12. The third-order valence-electron chi connectivity index (χ3n) is 2.66. The van der Waals surface area contributed by atoms with Gasteiger partial charge in [0.2, 0.25) is 5.91 Å². The maximum Gasteiger partial charge on any atom is 0.262 e. The van der Waals surface area contributed by atoms with Crippen molar-refractivity contribution in [2.24, 2.45) is 0 Å². The third kappa shape index (κ3) is 3.41. The summed E-state index contributed by atoms with van der Waals surface area (Å²) in [5.74, 6) is -0.362. The number of methoxy groups -OCH3 is 1. The zero-order chi connectivity index (χ0) is 14.5. The van der Waals surface area contributed by atoms with Gasteiger partial charge in [0.1, 0.15) is 11.4 Å². The lowest BCUT2D eigenvalue weighted by Gasteiger charge is -2.11. The second kappa shape index (κ2) is 6.60. The number of hydrogen-bond acceptors (Lipinski definition) is 6. The van der Waals surface area contributed by atoms with Crippen molar-refractivity contribution in [2.45, 2.75) is 12.6 Å². The van der Waals surface area contributed by atoms with Gasteiger partial charge in [-0.15, -0.1) is 11.3 Å². The summed E-state index contributed by atoms with van der Waals surface area (Å²) in [5.41, 5.74) is -0.246. The van der Waals surface area contributed by atoms with Gasteiger partial charge in [-0.25, -0.2) is 4.98 Å². The maximum absolute atomic E-state index is 12.0. The highest BCUT2D eigenvalue weighted by molar-refractivity contribution is 7.16. The van der Waals surface area contributed by atoms with E-state index >= 15 is 0 Å². The van der Waals surface area contributed by atoms with Crippen LogP contribution in [-0.4, -0.2) is 46.9 Å². The fourth-order valence-corrected chi connectivity index (χ4v) is 2.42. The zero-order valence-corrected chi connectivity index (χ0v) is 11.7. The number of ether oxygens (including phenoxy) is 1. The van der Waals surface area contributed by atoms with Crippen LogP contribution in [-0.2, 0) is 16.1 Å². The molecule has 0 radical (unpaired) electrons. The molecule has 1 amide bonds. The van der Waals surface area contributed by atoms with Gasteiger partial charge in [0.15, 0.2) is 0 Å². The molecular weight excluding hydrogens is 282 g/mol. The van der Waals surface area contributed by atoms with Crippen molar-refractivity contribution in [1.82, 2.24) is 14.9 Å². The van der Waals surface area contributed by atoms with Gasteiger partial charge in [0, 0.05) is 13.7 Å². The van der Waals surface area contributed by atoms with Crippen molar-refractivity contribution < 1.29 is 14.6 Å². The average Bonchev–Trinajstić information content (AvgIpc) is 2.89. The van der Waals surface area contributed by atoms with Crippen LogP contribution in [0.25, 0.3) is 10.2 Å². The van der Waals surface area contributed by atoms with E-state index in [-0.39, 0.29) is 31.2 Å². The van der Waals surface area contributed by atoms with Crippen LogP contribution >= 0.6 is 11.3 Å². The number of aliphatic hydroxyl groups excluding tert-OH is 1. The molecule has 0 saturated heterocycles. The third-order valence-corrected chi connectivity index (χ3v) is 3.48. The van der Waals surface area contributed by atoms with E-state index in [2.05, 4.69) is 10.3 Å². The maximum atomic E-state index is 12.0. The Labute approximate surface area is 118 Å². The first-order chi connectivity index (χ1) is 9.61. The summed E-state index contributed by atoms with van der Waals surface area (Å²) in [6, 6.07) is 1.69. The van der Waals surface area contributed by atoms with Crippen LogP contribution in [0, 0.1) is 0 Å². The van der Waals surface area contributed by atoms with Crippen LogP contribution in [0.5, 0.6) is 0 Å². The van der Waals surface area contributed by atoms with Gasteiger partial charge in [-0.2, -0.15) is 0 Å². The largest absolute Gasteiger partial charge is 0.389 e. The quantitative estimate of drug-likeness (QED) is 0.755. The minimum absolute atomic E-state index is 0.0789. The summed E-state index contributed by atoms with van der Waals surface area (Å²) in [4.78, 5) is 28.5. The van der Waals surface area contributed by atoms with Crippen LogP contribution in [0.15, 0.2) is 22.6 Å². The van der Waals surface area contributed by atoms with Gasteiger partial charge in [-0.3, -0.25) is 14.2 Å². The van der Waals surface area contributed by atoms with E-state index in [9.17, 15) is 14.7 Å². The predicted octanol–water partition coefficient (Wildman–Crippen LogP) is -0.419. The topological polar surface area (TPSA) is 93.4 Å². The molecule has 20 heavy (non-hydrogen) atoms. The van der Waals surface area contributed by atoms with Crippen LogP contribution in [0.2, 0.25) is 0 Å². The monoisotopic (exact) mass is 297 g/mol. The van der Waals surface area contributed by atoms with E-state index in [0.29, 0.717) is 10.2 Å². The molecule has 0 bridgehead atoms. The molecule has 0 fully saturated rings. The van der Waals surface area contributed by atoms with Crippen molar-refractivity contribution in [1.29, 1.82) is 0 Å². The zero-order valence-electron chi connectivity index (χ0n) is 10.9. The molecule has 0 aliphatic carbocycles. The number of amides is 1. The lowest BCUT2D eigenvalue weighted by Crippen LogP contribution is -2.38. The van der Waals surface area contributed by atoms with Crippen LogP contribution in [0.4, 0.5) is 0 Å². The molecule has 8 heteroatoms. The van der Waals surface area contributed by atoms with Crippen LogP contribution in [0.3, 0.4) is 0 Å². The van der Waals surface area contributed by atoms with Crippen molar-refractivity contribution in [3.63, 3.8) is 0 Å². The number of thiophene rings is 1. The molecule has 0 aromatic carbocycles. The lowest BCUT2D eigenvalue weighted by atomic mass is 10.3. The Bertz CT molecular complexity index is 651. The molecule has 0 spiro atoms. The van der Waals surface area contributed by atoms with Crippen LogP contribution in [0.1, 0.15) is 0 Å². The smallest absolute Gasteiger partial charge is 0.262 e. The molecule has 2 aromatic rings. The average molecular weight is 297 g/mol. The van der Waals surface area contributed by atoms with Crippen molar-refractivity contribution in [3.8, 4) is 0 Å². The fraction of sp³-hybridized carbons (Fsp3) is 0.417. The van der Waals surface area contributed by atoms with E-state index < -0.39 is 6.10 Å². The summed E-state index contributed by atoms with van der Waals surface area (Å²) >= 11 is 1.38. The minimum atomic E-state index is -0.766. The Hall–Kier alpha value is -1.77. The van der Waals surface area contributed by atoms with Gasteiger partial charge in [-0.05, 0) is 11.4 Å². The minimum Gasteiger partial charge on any atom is -0.389 e. The summed E-state index contributed by atoms with van der Waals surface area (Å²) in [6.07, 6.45) is 0.588. The lowest BCUT2D eigenvalue weighted by molar-refractivity contribution is -0.122. The van der Waals surface area contributed by atoms with E-state index in [1.54, 1.807) is 11.4 Å². The fourth-order valence-electron chi connectivity index (χ4n) is 1.70. The van der Waals surface area contributed by atoms with Crippen molar-refractivity contribution in [2.75, 3.05) is 20.3 Å². The number of aliphatic hydroxyl groups is 1. The van der Waals surface area contributed by atoms with Gasteiger partial charge in [0.05, 0.1) is 24.4 Å². The molecule has 0 aliphatic rings. The summed E-state index contributed by atoms with van der Waals surface area (Å²) in [5, 5.41) is 14.2. The molecular formula is C12H15N3O4S. The van der Waals surface area contributed by atoms with E-state index in [0.717, 1.165) is 0 Å². The number of carbonyl (C=O) groups is 1. The second-order valence-electron chi connectivity index (χ2n) is 4.23. The first kappa shape index (κ1) is 14.6. The Balaban J connectivity index is 1.99. The van der Waals surface area contributed by atoms with Gasteiger partial charge in [-0.1, -0.05) is 0 Å². The van der Waals surface area contributed by atoms with E-state index in [1.807, 2.05) is 0 Å². The van der Waals surface area contributed by atoms with E-state index in [4.69, 9.17) is 4.74 Å². The molecule has 7 nitrogen and oxygen atoms in total. The first-order valence-corrected chi connectivity index (χ1v) is 6.86. The number of fused-ring (bicyclic) bond motifs is 1. The number of aromatic nitrogens is 2. The molecule has 2 N–H and O–H groups in total. The Morgan fingerprint density at radius 1 is 1.65 bits per heavy atom. The number of carbonyl (C=O) groups excluding carboxylic acids is 1. The SMILES string of the molecule is COCC(O)CNC(=O)Cn1cnc2sccc2c1=O. The first-order valence-electron chi connectivity index (χ1n) is 5.98. The number of nitrogens with one attached hydrogen (secondary N) is 1. The summed E-state index contributed by atoms with van der Waals surface area (Å²) in [7, 11) is 1.46. The molecule has 1 unspecified atom stereocenters. The number of rotatable bonds is 6. The van der Waals surface area contributed by atoms with Crippen molar-refractivity contribution >= 4 is 27.5 Å². The van der Waals surface area contributed by atoms with Crippen molar-refractivity contribution in [3.05, 3.63) is 28.1 Å². The normalized spacial score (nSPS) is 12.5. The molecule has 0 aliphatic heterocycles. The molecule has 1 atom stereocenters. The molecule has 2 heterocycles. The van der Waals surface area contributed by atoms with E-state index in [1.165, 1.54) is 29.3 Å². The molecule has 2 aromatic heterocycles. The Morgan fingerprint density at radius 3 is 3.20 bits per heavy atom. The van der Waals surface area contributed by atoms with Crippen LogP contribution < -0.4 is 10.9 Å². The standard InChI is InChI=1S/C12H15N3O4S/c1-19-6-8(16)4-13-10(17)5-15-7-14-11-9(12(15)18)2-3-20-11/h2-3,7-8,16H,4-6H2,1H3,(H,13,17). The highest BCUT2D eigenvalue weighted by Crippen LogP contribution is 2.12. The highest BCUT2D eigenvalue weighted by atomic mass is 32.1. The summed E-state index contributed by atoms with van der Waals surface area (Å²) in [6.45, 7) is 0.0928. The summed E-state index contributed by atoms with van der Waals surface area (Å²) < 4.78 is 5.99. The predicted molar refractivity (Wildman–Crippen MR) is 74.8 cm³/mol. The Morgan fingerprint density at radius 2 is 2.45 bits per heavy atom. The highest BCUT2D eigenvalue weighted by Gasteiger charge is 2.10. The van der Waals surface area contributed by atoms with Gasteiger partial charge < -0.3 is 15.2 Å². The van der Waals surface area contributed by atoms with Gasteiger partial charge in [0.25, 0.3) is 5.56 Å².